The lowest BCUT2D eigenvalue weighted by Gasteiger charge is -2.22. The van der Waals surface area contributed by atoms with Crippen LogP contribution in [0.1, 0.15) is 33.7 Å². The molecule has 0 bridgehead atoms. The van der Waals surface area contributed by atoms with Crippen LogP contribution in [0.3, 0.4) is 0 Å². The molecule has 2 aromatic carbocycles. The van der Waals surface area contributed by atoms with E-state index in [1.807, 2.05) is 25.1 Å². The number of Topliss-reactive ketones (excluding diaryl/α,β-unsaturated/α-hetero) is 1. The van der Waals surface area contributed by atoms with Gasteiger partial charge in [-0.15, -0.1) is 0 Å². The standard InChI is InChI=1S/C26H18ClN3O5/c1-12-3-6-16-17(9-12)29-26(28-16)30-22(19-7-4-13(2)34-19)21(24(32)25(30)33)23(31)20-11-14-10-15(27)5-8-18(14)35-20/h3-11,22,32H,1-2H3,(H,28,29). The van der Waals surface area contributed by atoms with Crippen LogP contribution in [0.4, 0.5) is 5.95 Å². The largest absolute Gasteiger partial charge is 0.503 e. The lowest BCUT2D eigenvalue weighted by molar-refractivity contribution is -0.117. The number of H-pyrrole nitrogens is 1. The topological polar surface area (TPSA) is 113 Å². The molecule has 1 amide bonds. The number of anilines is 1. The van der Waals surface area contributed by atoms with Gasteiger partial charge in [-0.2, -0.15) is 0 Å². The van der Waals surface area contributed by atoms with Gasteiger partial charge in [0.15, 0.2) is 11.5 Å². The van der Waals surface area contributed by atoms with E-state index in [0.29, 0.717) is 33.0 Å². The van der Waals surface area contributed by atoms with Crippen LogP contribution in [-0.2, 0) is 4.79 Å². The van der Waals surface area contributed by atoms with E-state index in [9.17, 15) is 14.7 Å². The molecule has 35 heavy (non-hydrogen) atoms. The van der Waals surface area contributed by atoms with Crippen molar-refractivity contribution in [3.8, 4) is 0 Å². The van der Waals surface area contributed by atoms with Crippen molar-refractivity contribution in [2.75, 3.05) is 4.90 Å². The molecule has 0 saturated heterocycles. The highest BCUT2D eigenvalue weighted by atomic mass is 35.5. The van der Waals surface area contributed by atoms with Crippen LogP contribution >= 0.6 is 11.6 Å². The Bertz CT molecular complexity index is 1710. The molecule has 4 heterocycles. The molecule has 0 radical (unpaired) electrons. The summed E-state index contributed by atoms with van der Waals surface area (Å²) in [5.41, 5.74) is 2.67. The van der Waals surface area contributed by atoms with Crippen LogP contribution in [0, 0.1) is 13.8 Å². The Labute approximate surface area is 203 Å². The average Bonchev–Trinajstić information content (AvgIpc) is 3.58. The molecular formula is C26H18ClN3O5. The van der Waals surface area contributed by atoms with Crippen molar-refractivity contribution in [3.05, 3.63) is 93.8 Å². The summed E-state index contributed by atoms with van der Waals surface area (Å²) in [4.78, 5) is 35.9. The summed E-state index contributed by atoms with van der Waals surface area (Å²) < 4.78 is 11.6. The van der Waals surface area contributed by atoms with Gasteiger partial charge in [-0.3, -0.25) is 14.5 Å². The first-order valence-corrected chi connectivity index (χ1v) is 11.2. The molecule has 2 N–H and O–H groups in total. The van der Waals surface area contributed by atoms with Crippen LogP contribution in [0.5, 0.6) is 0 Å². The van der Waals surface area contributed by atoms with Crippen LogP contribution in [-0.4, -0.2) is 26.8 Å². The van der Waals surface area contributed by atoms with Crippen molar-refractivity contribution in [3.63, 3.8) is 0 Å². The fourth-order valence-corrected chi connectivity index (χ4v) is 4.59. The number of aliphatic hydroxyl groups excluding tert-OH is 1. The fourth-order valence-electron chi connectivity index (χ4n) is 4.41. The summed E-state index contributed by atoms with van der Waals surface area (Å²) in [7, 11) is 0. The predicted molar refractivity (Wildman–Crippen MR) is 130 cm³/mol. The van der Waals surface area contributed by atoms with Gasteiger partial charge in [-0.05, 0) is 67.9 Å². The highest BCUT2D eigenvalue weighted by molar-refractivity contribution is 6.31. The van der Waals surface area contributed by atoms with Gasteiger partial charge in [0.05, 0.1) is 16.6 Å². The number of aliphatic hydroxyl groups is 1. The molecular weight excluding hydrogens is 470 g/mol. The zero-order valence-electron chi connectivity index (χ0n) is 18.6. The molecule has 5 aromatic rings. The van der Waals surface area contributed by atoms with Crippen LogP contribution < -0.4 is 4.90 Å². The van der Waals surface area contributed by atoms with Crippen molar-refractivity contribution in [2.45, 2.75) is 19.9 Å². The molecule has 1 aliphatic heterocycles. The van der Waals surface area contributed by atoms with Crippen molar-refractivity contribution in [2.24, 2.45) is 0 Å². The molecule has 0 aliphatic carbocycles. The number of aromatic amines is 1. The number of nitrogens with one attached hydrogen (secondary N) is 1. The number of benzene rings is 2. The first-order valence-electron chi connectivity index (χ1n) is 10.8. The van der Waals surface area contributed by atoms with Crippen molar-refractivity contribution in [1.82, 2.24) is 9.97 Å². The van der Waals surface area contributed by atoms with E-state index in [4.69, 9.17) is 20.4 Å². The monoisotopic (exact) mass is 487 g/mol. The Hall–Kier alpha value is -4.30. The maximum absolute atomic E-state index is 13.6. The molecule has 1 unspecified atom stereocenters. The summed E-state index contributed by atoms with van der Waals surface area (Å²) in [6.45, 7) is 3.70. The molecule has 1 aliphatic rings. The first-order chi connectivity index (χ1) is 16.8. The number of aromatic nitrogens is 2. The molecule has 0 saturated carbocycles. The lowest BCUT2D eigenvalue weighted by atomic mass is 9.99. The normalized spacial score (nSPS) is 16.3. The summed E-state index contributed by atoms with van der Waals surface area (Å²) in [5, 5.41) is 12.0. The van der Waals surface area contributed by atoms with Crippen molar-refractivity contribution >= 4 is 51.2 Å². The highest BCUT2D eigenvalue weighted by Gasteiger charge is 2.48. The van der Waals surface area contributed by atoms with E-state index in [2.05, 4.69) is 9.97 Å². The first kappa shape index (κ1) is 21.2. The summed E-state index contributed by atoms with van der Waals surface area (Å²) in [5.74, 6) is -1.07. The number of amides is 1. The Balaban J connectivity index is 1.50. The minimum absolute atomic E-state index is 0.0352. The molecule has 1 atom stereocenters. The molecule has 6 rings (SSSR count). The lowest BCUT2D eigenvalue weighted by Crippen LogP contribution is -2.31. The third-order valence-corrected chi connectivity index (χ3v) is 6.27. The van der Waals surface area contributed by atoms with Gasteiger partial charge >= 0.3 is 0 Å². The minimum Gasteiger partial charge on any atom is -0.503 e. The summed E-state index contributed by atoms with van der Waals surface area (Å²) >= 11 is 6.06. The van der Waals surface area contributed by atoms with E-state index in [1.165, 1.54) is 11.0 Å². The van der Waals surface area contributed by atoms with Gasteiger partial charge < -0.3 is 18.9 Å². The molecule has 9 heteroatoms. The van der Waals surface area contributed by atoms with Gasteiger partial charge in [0.25, 0.3) is 5.91 Å². The molecule has 3 aromatic heterocycles. The third kappa shape index (κ3) is 3.33. The number of carbonyl (C=O) groups is 2. The number of halogens is 1. The zero-order valence-corrected chi connectivity index (χ0v) is 19.4. The fraction of sp³-hybridized carbons (Fsp3) is 0.115. The number of furan rings is 2. The van der Waals surface area contributed by atoms with Crippen LogP contribution in [0.15, 0.2) is 74.8 Å². The number of rotatable bonds is 4. The summed E-state index contributed by atoms with van der Waals surface area (Å²) in [6.07, 6.45) is 0. The maximum Gasteiger partial charge on any atom is 0.296 e. The number of hydrogen-bond donors (Lipinski definition) is 2. The Morgan fingerprint density at radius 3 is 2.69 bits per heavy atom. The van der Waals surface area contributed by atoms with Gasteiger partial charge in [-0.1, -0.05) is 17.7 Å². The molecule has 0 spiro atoms. The minimum atomic E-state index is -1.05. The average molecular weight is 488 g/mol. The van der Waals surface area contributed by atoms with Gasteiger partial charge in [-0.25, -0.2) is 4.98 Å². The van der Waals surface area contributed by atoms with Gasteiger partial charge in [0.2, 0.25) is 11.7 Å². The van der Waals surface area contributed by atoms with Crippen LogP contribution in [0.2, 0.25) is 5.02 Å². The zero-order chi connectivity index (χ0) is 24.4. The van der Waals surface area contributed by atoms with Crippen LogP contribution in [0.25, 0.3) is 22.0 Å². The summed E-state index contributed by atoms with van der Waals surface area (Å²) in [6, 6.07) is 14.5. The number of aryl methyl sites for hydroxylation is 2. The Kier molecular flexibility index (Phi) is 4.62. The number of nitrogens with zero attached hydrogens (tertiary/aromatic N) is 2. The van der Waals surface area contributed by atoms with Gasteiger partial charge in [0.1, 0.15) is 23.1 Å². The van der Waals surface area contributed by atoms with E-state index < -0.39 is 23.5 Å². The Morgan fingerprint density at radius 2 is 1.91 bits per heavy atom. The number of fused-ring (bicyclic) bond motifs is 2. The quantitative estimate of drug-likeness (QED) is 0.303. The third-order valence-electron chi connectivity index (χ3n) is 6.04. The number of ketones is 1. The highest BCUT2D eigenvalue weighted by Crippen LogP contribution is 2.42. The van der Waals surface area contributed by atoms with Gasteiger partial charge in [0, 0.05) is 10.4 Å². The number of imidazole rings is 1. The van der Waals surface area contributed by atoms with E-state index in [-0.39, 0.29) is 17.3 Å². The smallest absolute Gasteiger partial charge is 0.296 e. The maximum atomic E-state index is 13.6. The van der Waals surface area contributed by atoms with E-state index in [1.54, 1.807) is 37.3 Å². The van der Waals surface area contributed by atoms with Crippen molar-refractivity contribution in [1.29, 1.82) is 0 Å². The second-order valence-corrected chi connectivity index (χ2v) is 8.93. The number of hydrogen-bond acceptors (Lipinski definition) is 6. The second kappa shape index (κ2) is 7.61. The van der Waals surface area contributed by atoms with Crippen molar-refractivity contribution < 1.29 is 23.5 Å². The molecule has 0 fully saturated rings. The van der Waals surface area contributed by atoms with E-state index in [0.717, 1.165) is 11.1 Å². The van der Waals surface area contributed by atoms with E-state index >= 15 is 0 Å². The number of carbonyl (C=O) groups excluding carboxylic acids is 2. The second-order valence-electron chi connectivity index (χ2n) is 8.49. The molecule has 174 valence electrons. The SMILES string of the molecule is Cc1ccc2nc(N3C(=O)C(O)=C(C(=O)c4cc5cc(Cl)ccc5o4)C3c3ccc(C)o3)[nH]c2c1. The predicted octanol–water partition coefficient (Wildman–Crippen LogP) is 5.96. The Morgan fingerprint density at radius 1 is 1.09 bits per heavy atom. The molecule has 8 nitrogen and oxygen atoms in total.